The number of nitrogens with one attached hydrogen (secondary N) is 2. The van der Waals surface area contributed by atoms with Crippen LogP contribution >= 0.6 is 15.9 Å². The van der Waals surface area contributed by atoms with Crippen LogP contribution in [0.25, 0.3) is 5.57 Å². The minimum atomic E-state index is -5.09. The van der Waals surface area contributed by atoms with E-state index in [2.05, 4.69) is 46.6 Å². The molecule has 0 atom stereocenters. The van der Waals surface area contributed by atoms with E-state index in [1.54, 1.807) is 6.07 Å². The second kappa shape index (κ2) is 6.61. The first-order valence-electron chi connectivity index (χ1n) is 5.66. The molecule has 0 fully saturated rings. The Labute approximate surface area is 134 Å². The van der Waals surface area contributed by atoms with Gasteiger partial charge in [0, 0.05) is 10.7 Å². The predicted molar refractivity (Wildman–Crippen MR) is 72.2 cm³/mol. The Morgan fingerprint density at radius 3 is 2.74 bits per heavy atom. The average Bonchev–Trinajstić information content (AvgIpc) is 2.99. The number of nitrogens with zero attached hydrogens (tertiary/aromatic N) is 4. The van der Waals surface area contributed by atoms with Crippen molar-refractivity contribution >= 4 is 27.2 Å². The van der Waals surface area contributed by atoms with Gasteiger partial charge in [0.05, 0.1) is 5.69 Å². The van der Waals surface area contributed by atoms with Crippen molar-refractivity contribution in [3.05, 3.63) is 34.4 Å². The first-order valence-corrected chi connectivity index (χ1v) is 6.45. The van der Waals surface area contributed by atoms with E-state index in [1.165, 1.54) is 6.07 Å². The molecule has 12 heteroatoms. The molecule has 1 aromatic carbocycles. The van der Waals surface area contributed by atoms with Gasteiger partial charge in [0.2, 0.25) is 5.82 Å². The van der Waals surface area contributed by atoms with Crippen molar-refractivity contribution in [1.82, 2.24) is 20.6 Å². The number of benzene rings is 1. The quantitative estimate of drug-likeness (QED) is 0.612. The number of hydrogen-bond donors (Lipinski definition) is 2. The number of allylic oxidation sites excluding steroid dienone is 1. The zero-order valence-corrected chi connectivity index (χ0v) is 12.4. The molecule has 0 aliphatic carbocycles. The summed E-state index contributed by atoms with van der Waals surface area (Å²) >= 11 is 2.97. The number of anilines is 1. The fraction of sp³-hybridized carbons (Fsp3) is 0.0909. The number of halogens is 5. The smallest absolute Gasteiger partial charge is 0.400 e. The van der Waals surface area contributed by atoms with Crippen molar-refractivity contribution in [2.24, 2.45) is 0 Å². The number of tetrazole rings is 1. The SMILES string of the molecule is N#CC(=CNc1c(Br)ccc(F)c1OC(F)(F)F)c1nn[nH]n1. The fourth-order valence-corrected chi connectivity index (χ4v) is 1.88. The lowest BCUT2D eigenvalue weighted by atomic mass is 10.2. The molecule has 0 aliphatic rings. The number of H-pyrrole nitrogens is 1. The highest BCUT2D eigenvalue weighted by Crippen LogP contribution is 2.38. The molecule has 2 aromatic rings. The number of nitriles is 1. The van der Waals surface area contributed by atoms with E-state index < -0.39 is 17.9 Å². The number of aromatic amines is 1. The van der Waals surface area contributed by atoms with Crippen LogP contribution in [0.1, 0.15) is 5.82 Å². The van der Waals surface area contributed by atoms with Gasteiger partial charge in [0.1, 0.15) is 11.6 Å². The predicted octanol–water partition coefficient (Wildman–Crippen LogP) is 2.98. The van der Waals surface area contributed by atoms with Gasteiger partial charge in [0.25, 0.3) is 0 Å². The van der Waals surface area contributed by atoms with E-state index in [0.29, 0.717) is 0 Å². The molecule has 0 radical (unpaired) electrons. The van der Waals surface area contributed by atoms with Crippen molar-refractivity contribution in [3.8, 4) is 11.8 Å². The summed E-state index contributed by atoms with van der Waals surface area (Å²) in [5, 5.41) is 23.8. The van der Waals surface area contributed by atoms with Gasteiger partial charge in [-0.15, -0.1) is 23.4 Å². The van der Waals surface area contributed by atoms with Crippen LogP contribution in [0.5, 0.6) is 5.75 Å². The van der Waals surface area contributed by atoms with Gasteiger partial charge in [-0.1, -0.05) is 0 Å². The molecule has 0 aliphatic heterocycles. The Balaban J connectivity index is 2.39. The fourth-order valence-electron chi connectivity index (χ4n) is 1.45. The maximum Gasteiger partial charge on any atom is 0.573 e. The van der Waals surface area contributed by atoms with E-state index in [1.807, 2.05) is 0 Å². The largest absolute Gasteiger partial charge is 0.573 e. The normalized spacial score (nSPS) is 11.9. The Hall–Kier alpha value is -2.68. The second-order valence-electron chi connectivity index (χ2n) is 3.83. The van der Waals surface area contributed by atoms with Crippen LogP contribution in [0.4, 0.5) is 23.2 Å². The standard InChI is InChI=1S/C11H5BrF4N6O/c12-6-1-2-7(13)9(23-11(14,15)16)8(6)18-4-5(3-17)10-19-21-22-20-10/h1-2,4,18H,(H,19,20,21,22). The van der Waals surface area contributed by atoms with Crippen molar-refractivity contribution in [2.75, 3.05) is 5.32 Å². The zero-order valence-electron chi connectivity index (χ0n) is 10.8. The molecule has 1 aromatic heterocycles. The maximum absolute atomic E-state index is 13.6. The third-order valence-corrected chi connectivity index (χ3v) is 3.00. The van der Waals surface area contributed by atoms with Crippen LogP contribution in [0, 0.1) is 17.1 Å². The van der Waals surface area contributed by atoms with Crippen LogP contribution in [0.2, 0.25) is 0 Å². The van der Waals surface area contributed by atoms with Gasteiger partial charge < -0.3 is 10.1 Å². The summed E-state index contributed by atoms with van der Waals surface area (Å²) in [5.41, 5.74) is -0.508. The molecule has 2 N–H and O–H groups in total. The molecule has 1 heterocycles. The van der Waals surface area contributed by atoms with E-state index in [-0.39, 0.29) is 21.6 Å². The summed E-state index contributed by atoms with van der Waals surface area (Å²) in [6.07, 6.45) is -4.10. The van der Waals surface area contributed by atoms with Crippen molar-refractivity contribution in [2.45, 2.75) is 6.36 Å². The summed E-state index contributed by atoms with van der Waals surface area (Å²) in [6, 6.07) is 3.69. The number of aromatic nitrogens is 4. The third kappa shape index (κ3) is 4.16. The molecule has 0 saturated carbocycles. The highest BCUT2D eigenvalue weighted by atomic mass is 79.9. The van der Waals surface area contributed by atoms with Gasteiger partial charge in [-0.2, -0.15) is 10.5 Å². The Bertz CT molecular complexity index is 768. The van der Waals surface area contributed by atoms with Gasteiger partial charge in [-0.3, -0.25) is 0 Å². The molecular formula is C11H5BrF4N6O. The van der Waals surface area contributed by atoms with Crippen molar-refractivity contribution in [1.29, 1.82) is 5.26 Å². The number of hydrogen-bond acceptors (Lipinski definition) is 6. The lowest BCUT2D eigenvalue weighted by Crippen LogP contribution is -2.19. The zero-order chi connectivity index (χ0) is 17.0. The molecule has 23 heavy (non-hydrogen) atoms. The van der Waals surface area contributed by atoms with Crippen LogP contribution in [0.15, 0.2) is 22.8 Å². The maximum atomic E-state index is 13.6. The van der Waals surface area contributed by atoms with Crippen LogP contribution < -0.4 is 10.1 Å². The molecule has 0 amide bonds. The molecule has 0 bridgehead atoms. The highest BCUT2D eigenvalue weighted by Gasteiger charge is 2.34. The monoisotopic (exact) mass is 392 g/mol. The van der Waals surface area contributed by atoms with E-state index in [9.17, 15) is 17.6 Å². The van der Waals surface area contributed by atoms with Crippen LogP contribution in [-0.2, 0) is 0 Å². The lowest BCUT2D eigenvalue weighted by molar-refractivity contribution is -0.275. The Kier molecular flexibility index (Phi) is 4.80. The van der Waals surface area contributed by atoms with E-state index >= 15 is 0 Å². The minimum Gasteiger partial charge on any atom is -0.400 e. The number of alkyl halides is 3. The molecular weight excluding hydrogens is 388 g/mol. The Morgan fingerprint density at radius 2 is 2.17 bits per heavy atom. The van der Waals surface area contributed by atoms with Crippen molar-refractivity contribution in [3.63, 3.8) is 0 Å². The third-order valence-electron chi connectivity index (χ3n) is 2.34. The minimum absolute atomic E-state index is 0.0831. The molecule has 0 spiro atoms. The van der Waals surface area contributed by atoms with Gasteiger partial charge in [-0.05, 0) is 33.3 Å². The molecule has 0 saturated heterocycles. The number of rotatable bonds is 4. The van der Waals surface area contributed by atoms with Crippen LogP contribution in [-0.4, -0.2) is 27.0 Å². The molecule has 2 rings (SSSR count). The average molecular weight is 393 g/mol. The summed E-state index contributed by atoms with van der Waals surface area (Å²) in [6.45, 7) is 0. The van der Waals surface area contributed by atoms with Crippen molar-refractivity contribution < 1.29 is 22.3 Å². The topological polar surface area (TPSA) is 99.5 Å². The summed E-state index contributed by atoms with van der Waals surface area (Å²) in [4.78, 5) is 0. The lowest BCUT2D eigenvalue weighted by Gasteiger charge is -2.15. The summed E-state index contributed by atoms with van der Waals surface area (Å²) in [5.74, 6) is -2.40. The van der Waals surface area contributed by atoms with Crippen LogP contribution in [0.3, 0.4) is 0 Å². The molecule has 7 nitrogen and oxygen atoms in total. The van der Waals surface area contributed by atoms with Gasteiger partial charge in [0.15, 0.2) is 11.6 Å². The summed E-state index contributed by atoms with van der Waals surface area (Å²) < 4.78 is 54.6. The van der Waals surface area contributed by atoms with Gasteiger partial charge in [-0.25, -0.2) is 4.39 Å². The summed E-state index contributed by atoms with van der Waals surface area (Å²) in [7, 11) is 0. The van der Waals surface area contributed by atoms with Gasteiger partial charge >= 0.3 is 6.36 Å². The first-order chi connectivity index (χ1) is 10.8. The molecule has 0 unspecified atom stereocenters. The van der Waals surface area contributed by atoms with E-state index in [4.69, 9.17) is 5.26 Å². The van der Waals surface area contributed by atoms with E-state index in [0.717, 1.165) is 12.3 Å². The Morgan fingerprint density at radius 1 is 1.43 bits per heavy atom. The first kappa shape index (κ1) is 16.7. The number of ether oxygens (including phenoxy) is 1. The molecule has 120 valence electrons. The second-order valence-corrected chi connectivity index (χ2v) is 4.69. The highest BCUT2D eigenvalue weighted by molar-refractivity contribution is 9.10.